The Morgan fingerprint density at radius 2 is 2.26 bits per heavy atom. The normalized spacial score (nSPS) is 24.3. The minimum absolute atomic E-state index is 0.237. The van der Waals surface area contributed by atoms with E-state index in [0.29, 0.717) is 5.56 Å². The van der Waals surface area contributed by atoms with Crippen LogP contribution in [-0.4, -0.2) is 41.3 Å². The number of carboxylic acids is 1. The second-order valence-corrected chi connectivity index (χ2v) is 5.18. The lowest BCUT2D eigenvalue weighted by Gasteiger charge is -2.36. The van der Waals surface area contributed by atoms with Crippen molar-refractivity contribution in [3.8, 4) is 0 Å². The first-order valence-corrected chi connectivity index (χ1v) is 6.78. The first-order chi connectivity index (χ1) is 9.08. The quantitative estimate of drug-likeness (QED) is 0.906. The average molecular weight is 263 g/mol. The highest BCUT2D eigenvalue weighted by Gasteiger charge is 2.23. The fourth-order valence-electron chi connectivity index (χ4n) is 2.56. The van der Waals surface area contributed by atoms with E-state index in [1.807, 2.05) is 6.07 Å². The summed E-state index contributed by atoms with van der Waals surface area (Å²) in [5, 5.41) is 9.00. The van der Waals surface area contributed by atoms with Gasteiger partial charge in [0.2, 0.25) is 0 Å². The summed E-state index contributed by atoms with van der Waals surface area (Å²) in [5.74, 6) is -0.872. The molecule has 1 N–H and O–H groups in total. The lowest BCUT2D eigenvalue weighted by molar-refractivity contribution is -0.0800. The highest BCUT2D eigenvalue weighted by molar-refractivity contribution is 5.87. The molecule has 0 radical (unpaired) electrons. The van der Waals surface area contributed by atoms with Gasteiger partial charge in [0.05, 0.1) is 17.8 Å². The van der Waals surface area contributed by atoms with Crippen LogP contribution in [0.15, 0.2) is 24.3 Å². The Kier molecular flexibility index (Phi) is 4.56. The van der Waals surface area contributed by atoms with E-state index in [4.69, 9.17) is 9.84 Å². The van der Waals surface area contributed by atoms with Crippen molar-refractivity contribution in [1.29, 1.82) is 0 Å². The second kappa shape index (κ2) is 6.17. The summed E-state index contributed by atoms with van der Waals surface area (Å²) < 4.78 is 5.83. The number of hydrogen-bond acceptors (Lipinski definition) is 3. The monoisotopic (exact) mass is 263 g/mol. The van der Waals surface area contributed by atoms with E-state index in [9.17, 15) is 4.79 Å². The minimum Gasteiger partial charge on any atom is -0.478 e. The highest BCUT2D eigenvalue weighted by Crippen LogP contribution is 2.17. The van der Waals surface area contributed by atoms with Crippen LogP contribution in [0.3, 0.4) is 0 Å². The molecule has 0 bridgehead atoms. The van der Waals surface area contributed by atoms with Crippen LogP contribution in [0, 0.1) is 0 Å². The molecule has 1 heterocycles. The fourth-order valence-corrected chi connectivity index (χ4v) is 2.56. The lowest BCUT2D eigenvalue weighted by atomic mass is 10.1. The van der Waals surface area contributed by atoms with Gasteiger partial charge in [-0.3, -0.25) is 4.90 Å². The van der Waals surface area contributed by atoms with Crippen LogP contribution >= 0.6 is 0 Å². The molecule has 1 aromatic carbocycles. The van der Waals surface area contributed by atoms with Crippen LogP contribution in [0.2, 0.25) is 0 Å². The van der Waals surface area contributed by atoms with Crippen molar-refractivity contribution in [1.82, 2.24) is 4.90 Å². The number of aromatic carboxylic acids is 1. The van der Waals surface area contributed by atoms with Gasteiger partial charge in [-0.05, 0) is 31.0 Å². The zero-order valence-electron chi connectivity index (χ0n) is 11.5. The molecule has 1 fully saturated rings. The van der Waals surface area contributed by atoms with Gasteiger partial charge in [-0.15, -0.1) is 0 Å². The number of carboxylic acid groups (broad SMARTS) is 1. The van der Waals surface area contributed by atoms with Crippen LogP contribution in [-0.2, 0) is 11.3 Å². The van der Waals surface area contributed by atoms with E-state index in [1.54, 1.807) is 18.2 Å². The summed E-state index contributed by atoms with van der Waals surface area (Å²) in [6.07, 6.45) is 1.53. The zero-order chi connectivity index (χ0) is 13.8. The molecule has 104 valence electrons. The number of hydrogen-bond donors (Lipinski definition) is 1. The van der Waals surface area contributed by atoms with Crippen LogP contribution in [0.25, 0.3) is 0 Å². The van der Waals surface area contributed by atoms with Gasteiger partial charge >= 0.3 is 5.97 Å². The van der Waals surface area contributed by atoms with Crippen molar-refractivity contribution < 1.29 is 14.6 Å². The summed E-state index contributed by atoms with van der Waals surface area (Å²) in [5.41, 5.74) is 1.40. The van der Waals surface area contributed by atoms with E-state index in [-0.39, 0.29) is 12.2 Å². The number of carbonyl (C=O) groups is 1. The summed E-state index contributed by atoms with van der Waals surface area (Å²) in [4.78, 5) is 13.3. The van der Waals surface area contributed by atoms with Gasteiger partial charge in [0.1, 0.15) is 0 Å². The van der Waals surface area contributed by atoms with Crippen molar-refractivity contribution >= 4 is 5.97 Å². The van der Waals surface area contributed by atoms with Gasteiger partial charge in [0.15, 0.2) is 0 Å². The molecule has 0 aliphatic carbocycles. The lowest BCUT2D eigenvalue weighted by Crippen LogP contribution is -2.45. The number of morpholine rings is 1. The smallest absolute Gasteiger partial charge is 0.335 e. The summed E-state index contributed by atoms with van der Waals surface area (Å²) in [6, 6.07) is 7.17. The third-order valence-electron chi connectivity index (χ3n) is 3.44. The number of benzene rings is 1. The number of nitrogens with zero attached hydrogens (tertiary/aromatic N) is 1. The molecule has 4 heteroatoms. The molecular weight excluding hydrogens is 242 g/mol. The molecule has 2 unspecified atom stereocenters. The minimum atomic E-state index is -0.872. The summed E-state index contributed by atoms with van der Waals surface area (Å²) in [6.45, 7) is 6.81. The van der Waals surface area contributed by atoms with Crippen LogP contribution in [0.5, 0.6) is 0 Å². The maximum Gasteiger partial charge on any atom is 0.335 e. The van der Waals surface area contributed by atoms with Crippen molar-refractivity contribution in [3.05, 3.63) is 35.4 Å². The van der Waals surface area contributed by atoms with Gasteiger partial charge in [0.25, 0.3) is 0 Å². The van der Waals surface area contributed by atoms with Crippen LogP contribution in [0.4, 0.5) is 0 Å². The maximum absolute atomic E-state index is 11.0. The van der Waals surface area contributed by atoms with E-state index >= 15 is 0 Å². The standard InChI is InChI=1S/C15H21NO3/c1-3-14-10-16(8-11(2)19-14)9-12-5-4-6-13(7-12)15(17)18/h4-7,11,14H,3,8-10H2,1-2H3,(H,17,18). The van der Waals surface area contributed by atoms with E-state index in [0.717, 1.165) is 31.6 Å². The predicted molar refractivity (Wildman–Crippen MR) is 73.3 cm³/mol. The molecule has 1 aliphatic rings. The highest BCUT2D eigenvalue weighted by atomic mass is 16.5. The number of ether oxygens (including phenoxy) is 1. The molecule has 0 amide bonds. The third-order valence-corrected chi connectivity index (χ3v) is 3.44. The summed E-state index contributed by atoms with van der Waals surface area (Å²) >= 11 is 0. The van der Waals surface area contributed by atoms with E-state index < -0.39 is 5.97 Å². The molecule has 19 heavy (non-hydrogen) atoms. The zero-order valence-corrected chi connectivity index (χ0v) is 11.5. The van der Waals surface area contributed by atoms with Crippen molar-refractivity contribution in [2.45, 2.75) is 39.0 Å². The fraction of sp³-hybridized carbons (Fsp3) is 0.533. The maximum atomic E-state index is 11.0. The first kappa shape index (κ1) is 14.0. The molecule has 1 saturated heterocycles. The van der Waals surface area contributed by atoms with Crippen LogP contribution in [0.1, 0.15) is 36.2 Å². The Balaban J connectivity index is 2.03. The Morgan fingerprint density at radius 3 is 2.95 bits per heavy atom. The molecule has 0 spiro atoms. The van der Waals surface area contributed by atoms with Crippen molar-refractivity contribution in [3.63, 3.8) is 0 Å². The molecule has 1 aromatic rings. The molecule has 0 saturated carbocycles. The van der Waals surface area contributed by atoms with Crippen LogP contribution < -0.4 is 0 Å². The molecule has 2 atom stereocenters. The second-order valence-electron chi connectivity index (χ2n) is 5.18. The summed E-state index contributed by atoms with van der Waals surface area (Å²) in [7, 11) is 0. The SMILES string of the molecule is CCC1CN(Cc2cccc(C(=O)O)c2)CC(C)O1. The van der Waals surface area contributed by atoms with Crippen molar-refractivity contribution in [2.75, 3.05) is 13.1 Å². The molecule has 1 aliphatic heterocycles. The van der Waals surface area contributed by atoms with Gasteiger partial charge in [0, 0.05) is 19.6 Å². The molecule has 0 aromatic heterocycles. The van der Waals surface area contributed by atoms with Gasteiger partial charge < -0.3 is 9.84 Å². The largest absolute Gasteiger partial charge is 0.478 e. The van der Waals surface area contributed by atoms with E-state index in [1.165, 1.54) is 0 Å². The molecular formula is C15H21NO3. The first-order valence-electron chi connectivity index (χ1n) is 6.78. The molecule has 2 rings (SSSR count). The van der Waals surface area contributed by atoms with E-state index in [2.05, 4.69) is 18.7 Å². The Hall–Kier alpha value is -1.39. The van der Waals surface area contributed by atoms with Gasteiger partial charge in [-0.1, -0.05) is 19.1 Å². The average Bonchev–Trinajstić information content (AvgIpc) is 2.38. The Labute approximate surface area is 114 Å². The Morgan fingerprint density at radius 1 is 1.47 bits per heavy atom. The van der Waals surface area contributed by atoms with Gasteiger partial charge in [-0.2, -0.15) is 0 Å². The Bertz CT molecular complexity index is 447. The van der Waals surface area contributed by atoms with Gasteiger partial charge in [-0.25, -0.2) is 4.79 Å². The number of rotatable bonds is 4. The molecule has 4 nitrogen and oxygen atoms in total. The predicted octanol–water partition coefficient (Wildman–Crippen LogP) is 2.38. The van der Waals surface area contributed by atoms with Crippen molar-refractivity contribution in [2.24, 2.45) is 0 Å². The topological polar surface area (TPSA) is 49.8 Å². The third kappa shape index (κ3) is 3.78.